The van der Waals surface area contributed by atoms with Crippen LogP contribution < -0.4 is 0 Å². The molecule has 1 unspecified atom stereocenters. The summed E-state index contributed by atoms with van der Waals surface area (Å²) in [5, 5.41) is 1.46. The van der Waals surface area contributed by atoms with Crippen LogP contribution in [0.4, 0.5) is 0 Å². The summed E-state index contributed by atoms with van der Waals surface area (Å²) < 4.78 is 1.04. The zero-order valence-electron chi connectivity index (χ0n) is 12.8. The van der Waals surface area contributed by atoms with Gasteiger partial charge in [-0.1, -0.05) is 99.8 Å². The van der Waals surface area contributed by atoms with Crippen molar-refractivity contribution >= 4 is 44.2 Å². The van der Waals surface area contributed by atoms with Crippen molar-refractivity contribution in [2.45, 2.75) is 5.92 Å². The smallest absolute Gasteiger partial charge is 0.0448 e. The molecular weight excluding hydrogens is 403 g/mol. The molecule has 3 aromatic rings. The van der Waals surface area contributed by atoms with Gasteiger partial charge >= 0.3 is 0 Å². The maximum Gasteiger partial charge on any atom is 0.0448 e. The van der Waals surface area contributed by atoms with Crippen LogP contribution in [0.25, 0.3) is 5.03 Å². The van der Waals surface area contributed by atoms with E-state index >= 15 is 0 Å². The van der Waals surface area contributed by atoms with E-state index in [0.717, 1.165) is 25.7 Å². The molecule has 0 spiro atoms. The molecule has 0 aromatic heterocycles. The first-order valence-electron chi connectivity index (χ1n) is 7.57. The highest BCUT2D eigenvalue weighted by molar-refractivity contribution is 9.10. The van der Waals surface area contributed by atoms with Gasteiger partial charge in [0.25, 0.3) is 0 Å². The Hall–Kier alpha value is -1.54. The molecule has 24 heavy (non-hydrogen) atoms. The van der Waals surface area contributed by atoms with E-state index in [1.54, 1.807) is 0 Å². The minimum Gasteiger partial charge on any atom is -0.0843 e. The average Bonchev–Trinajstić information content (AvgIpc) is 2.62. The maximum absolute atomic E-state index is 6.60. The number of hydrogen-bond donors (Lipinski definition) is 0. The quantitative estimate of drug-likeness (QED) is 0.411. The van der Waals surface area contributed by atoms with E-state index in [1.807, 2.05) is 66.7 Å². The Morgan fingerprint density at radius 1 is 0.792 bits per heavy atom. The van der Waals surface area contributed by atoms with Gasteiger partial charge < -0.3 is 0 Å². The molecule has 3 rings (SSSR count). The van der Waals surface area contributed by atoms with Gasteiger partial charge in [0, 0.05) is 20.4 Å². The Balaban J connectivity index is 2.03. The van der Waals surface area contributed by atoms with Crippen molar-refractivity contribution in [3.05, 3.63) is 111 Å². The summed E-state index contributed by atoms with van der Waals surface area (Å²) in [5.74, 6) is 0.0691. The summed E-state index contributed by atoms with van der Waals surface area (Å²) >= 11 is 16.1. The summed E-state index contributed by atoms with van der Waals surface area (Å²) in [5.41, 5.74) is 3.34. The number of allylic oxidation sites excluding steroid dienone is 1. The van der Waals surface area contributed by atoms with Crippen molar-refractivity contribution < 1.29 is 0 Å². The second kappa shape index (κ2) is 8.02. The average molecular weight is 418 g/mol. The molecule has 0 aliphatic heterocycles. The largest absolute Gasteiger partial charge is 0.0843 e. The lowest BCUT2D eigenvalue weighted by molar-refractivity contribution is 1.03. The first kappa shape index (κ1) is 17.3. The summed E-state index contributed by atoms with van der Waals surface area (Å²) in [4.78, 5) is 0. The fourth-order valence-electron chi connectivity index (χ4n) is 2.57. The Labute approximate surface area is 160 Å². The second-order valence-corrected chi connectivity index (χ2v) is 7.22. The molecule has 0 N–H and O–H groups in total. The van der Waals surface area contributed by atoms with Gasteiger partial charge in [0.2, 0.25) is 0 Å². The molecule has 1 atom stereocenters. The van der Waals surface area contributed by atoms with Gasteiger partial charge in [-0.25, -0.2) is 0 Å². The number of benzene rings is 3. The lowest BCUT2D eigenvalue weighted by Gasteiger charge is -2.15. The van der Waals surface area contributed by atoms with Crippen molar-refractivity contribution in [3.63, 3.8) is 0 Å². The molecule has 120 valence electrons. The highest BCUT2D eigenvalue weighted by Gasteiger charge is 2.13. The monoisotopic (exact) mass is 416 g/mol. The number of halogens is 3. The minimum absolute atomic E-state index is 0.0691. The van der Waals surface area contributed by atoms with E-state index in [9.17, 15) is 0 Å². The molecule has 0 aliphatic carbocycles. The lowest BCUT2D eigenvalue weighted by Crippen LogP contribution is -1.98. The first-order chi connectivity index (χ1) is 11.6. The molecular formula is C21H15BrCl2. The highest BCUT2D eigenvalue weighted by atomic mass is 79.9. The summed E-state index contributed by atoms with van der Waals surface area (Å²) in [6.07, 6.45) is 2.09. The number of rotatable bonds is 4. The number of hydrogen-bond acceptors (Lipinski definition) is 0. The molecule has 0 saturated carbocycles. The fraction of sp³-hybridized carbons (Fsp3) is 0.0476. The summed E-state index contributed by atoms with van der Waals surface area (Å²) in [6, 6.07) is 26.2. The van der Waals surface area contributed by atoms with E-state index in [-0.39, 0.29) is 5.92 Å². The van der Waals surface area contributed by atoms with Crippen LogP contribution in [0, 0.1) is 0 Å². The third-order valence-electron chi connectivity index (χ3n) is 3.82. The second-order valence-electron chi connectivity index (χ2n) is 5.46. The normalized spacial score (nSPS) is 12.9. The summed E-state index contributed by atoms with van der Waals surface area (Å²) in [6.45, 7) is 0. The van der Waals surface area contributed by atoms with Gasteiger partial charge in [0.05, 0.1) is 0 Å². The van der Waals surface area contributed by atoms with Gasteiger partial charge in [-0.3, -0.25) is 0 Å². The van der Waals surface area contributed by atoms with Crippen molar-refractivity contribution in [1.29, 1.82) is 0 Å². The molecule has 0 bridgehead atoms. The van der Waals surface area contributed by atoms with Crippen LogP contribution in [-0.2, 0) is 0 Å². The molecule has 0 radical (unpaired) electrons. The third-order valence-corrected chi connectivity index (χ3v) is 4.95. The molecule has 0 heterocycles. The fourth-order valence-corrected chi connectivity index (χ4v) is 3.21. The van der Waals surface area contributed by atoms with E-state index < -0.39 is 0 Å². The molecule has 3 aromatic carbocycles. The van der Waals surface area contributed by atoms with Gasteiger partial charge in [-0.2, -0.15) is 0 Å². The van der Waals surface area contributed by atoms with E-state index in [1.165, 1.54) is 5.56 Å². The van der Waals surface area contributed by atoms with Crippen molar-refractivity contribution in [3.8, 4) is 0 Å². The Kier molecular flexibility index (Phi) is 5.78. The van der Waals surface area contributed by atoms with E-state index in [0.29, 0.717) is 0 Å². The standard InChI is InChI=1S/C21H15BrCl2/c22-18-10-6-17(7-11-18)21(24)14-20(15-4-2-1-3-5-15)16-8-12-19(23)13-9-16/h1-14,20H. The van der Waals surface area contributed by atoms with E-state index in [2.05, 4.69) is 34.1 Å². The van der Waals surface area contributed by atoms with Gasteiger partial charge in [-0.05, 0) is 41.0 Å². The van der Waals surface area contributed by atoms with Gasteiger partial charge in [-0.15, -0.1) is 0 Å². The predicted octanol–water partition coefficient (Wildman–Crippen LogP) is 7.51. The van der Waals surface area contributed by atoms with Crippen LogP contribution in [0.1, 0.15) is 22.6 Å². The third kappa shape index (κ3) is 4.30. The summed E-state index contributed by atoms with van der Waals surface area (Å²) in [7, 11) is 0. The van der Waals surface area contributed by atoms with Crippen LogP contribution >= 0.6 is 39.1 Å². The SMILES string of the molecule is ClC(=CC(c1ccccc1)c1ccc(Cl)cc1)c1ccc(Br)cc1. The Bertz CT molecular complexity index is 822. The zero-order chi connectivity index (χ0) is 16.9. The maximum atomic E-state index is 6.60. The van der Waals surface area contributed by atoms with Crippen LogP contribution in [0.2, 0.25) is 5.02 Å². The minimum atomic E-state index is 0.0691. The predicted molar refractivity (Wildman–Crippen MR) is 108 cm³/mol. The molecule has 3 heteroatoms. The Morgan fingerprint density at radius 3 is 2.00 bits per heavy atom. The molecule has 0 fully saturated rings. The van der Waals surface area contributed by atoms with Gasteiger partial charge in [0.1, 0.15) is 0 Å². The van der Waals surface area contributed by atoms with Crippen LogP contribution in [0.3, 0.4) is 0 Å². The Morgan fingerprint density at radius 2 is 1.38 bits per heavy atom. The van der Waals surface area contributed by atoms with Crippen LogP contribution in [0.15, 0.2) is 89.4 Å². The van der Waals surface area contributed by atoms with Crippen molar-refractivity contribution in [1.82, 2.24) is 0 Å². The van der Waals surface area contributed by atoms with E-state index in [4.69, 9.17) is 23.2 Å². The molecule has 0 aliphatic rings. The lowest BCUT2D eigenvalue weighted by atomic mass is 9.90. The first-order valence-corrected chi connectivity index (χ1v) is 9.12. The topological polar surface area (TPSA) is 0 Å². The van der Waals surface area contributed by atoms with Crippen LogP contribution in [-0.4, -0.2) is 0 Å². The molecule has 0 nitrogen and oxygen atoms in total. The molecule has 0 saturated heterocycles. The van der Waals surface area contributed by atoms with Crippen molar-refractivity contribution in [2.75, 3.05) is 0 Å². The van der Waals surface area contributed by atoms with Gasteiger partial charge in [0.15, 0.2) is 0 Å². The van der Waals surface area contributed by atoms with Crippen LogP contribution in [0.5, 0.6) is 0 Å². The van der Waals surface area contributed by atoms with Crippen molar-refractivity contribution in [2.24, 2.45) is 0 Å². The highest BCUT2D eigenvalue weighted by Crippen LogP contribution is 2.32. The zero-order valence-corrected chi connectivity index (χ0v) is 15.9. The molecule has 0 amide bonds.